The Morgan fingerprint density at radius 1 is 1.20 bits per heavy atom. The van der Waals surface area contributed by atoms with Gasteiger partial charge in [-0.15, -0.1) is 10.2 Å². The molecular weight excluding hydrogens is 334 g/mol. The molecule has 7 heteroatoms. The van der Waals surface area contributed by atoms with Gasteiger partial charge in [0.25, 0.3) is 0 Å². The van der Waals surface area contributed by atoms with Crippen molar-refractivity contribution in [1.82, 2.24) is 25.1 Å². The Morgan fingerprint density at radius 3 is 2.80 bits per heavy atom. The zero-order chi connectivity index (χ0) is 17.5. The molecule has 128 valence electrons. The number of nitrogens with one attached hydrogen (secondary N) is 1. The van der Waals surface area contributed by atoms with Gasteiger partial charge < -0.3 is 5.32 Å². The van der Waals surface area contributed by atoms with Crippen molar-refractivity contribution in [2.24, 2.45) is 0 Å². The van der Waals surface area contributed by atoms with E-state index in [4.69, 9.17) is 0 Å². The Hall–Kier alpha value is -2.67. The fourth-order valence-electron chi connectivity index (χ4n) is 2.26. The van der Waals surface area contributed by atoms with Crippen LogP contribution in [0.3, 0.4) is 0 Å². The van der Waals surface area contributed by atoms with E-state index in [0.717, 1.165) is 17.8 Å². The van der Waals surface area contributed by atoms with Crippen LogP contribution >= 0.6 is 11.8 Å². The number of carbonyl (C=O) groups is 1. The minimum absolute atomic E-state index is 0.0283. The molecule has 3 rings (SSSR count). The summed E-state index contributed by atoms with van der Waals surface area (Å²) in [5, 5.41) is 11.7. The first-order chi connectivity index (χ1) is 12.2. The molecule has 1 aromatic carbocycles. The first kappa shape index (κ1) is 17.2. The van der Waals surface area contributed by atoms with Crippen molar-refractivity contribution in [3.05, 3.63) is 66.2 Å². The number of aryl methyl sites for hydroxylation is 1. The Morgan fingerprint density at radius 2 is 2.04 bits per heavy atom. The number of nitrogens with zero attached hydrogens (tertiary/aromatic N) is 4. The van der Waals surface area contributed by atoms with Crippen LogP contribution in [0.25, 0.3) is 5.69 Å². The minimum atomic E-state index is -0.0283. The Balaban J connectivity index is 1.49. The van der Waals surface area contributed by atoms with E-state index in [0.29, 0.717) is 17.5 Å². The molecule has 0 saturated carbocycles. The van der Waals surface area contributed by atoms with Crippen LogP contribution in [-0.4, -0.2) is 38.0 Å². The zero-order valence-corrected chi connectivity index (χ0v) is 14.7. The van der Waals surface area contributed by atoms with Gasteiger partial charge in [0.2, 0.25) is 5.91 Å². The van der Waals surface area contributed by atoms with Crippen LogP contribution in [0.4, 0.5) is 0 Å². The lowest BCUT2D eigenvalue weighted by atomic mass is 10.2. The summed E-state index contributed by atoms with van der Waals surface area (Å²) < 4.78 is 1.88. The van der Waals surface area contributed by atoms with E-state index in [1.807, 2.05) is 54.0 Å². The van der Waals surface area contributed by atoms with Crippen molar-refractivity contribution >= 4 is 17.7 Å². The summed E-state index contributed by atoms with van der Waals surface area (Å²) in [6, 6.07) is 13.9. The third-order valence-corrected chi connectivity index (χ3v) is 4.53. The lowest BCUT2D eigenvalue weighted by molar-refractivity contribution is -0.118. The lowest BCUT2D eigenvalue weighted by Gasteiger charge is -2.07. The van der Waals surface area contributed by atoms with E-state index in [9.17, 15) is 4.79 Å². The standard InChI is InChI=1S/C18H19N5OS/c1-14-5-7-16(8-6-14)23-13-21-22-18(23)25-12-17(24)20-11-9-15-4-2-3-10-19-15/h2-8,10,13H,9,11-12H2,1H3,(H,20,24). The monoisotopic (exact) mass is 353 g/mol. The van der Waals surface area contributed by atoms with Crippen molar-refractivity contribution in [3.8, 4) is 5.69 Å². The molecule has 0 aliphatic heterocycles. The Kier molecular flexibility index (Phi) is 5.79. The van der Waals surface area contributed by atoms with Crippen LogP contribution in [-0.2, 0) is 11.2 Å². The van der Waals surface area contributed by atoms with Crippen molar-refractivity contribution in [3.63, 3.8) is 0 Å². The predicted molar refractivity (Wildman–Crippen MR) is 97.8 cm³/mol. The fraction of sp³-hybridized carbons (Fsp3) is 0.222. The van der Waals surface area contributed by atoms with Gasteiger partial charge in [-0.1, -0.05) is 35.5 Å². The SMILES string of the molecule is Cc1ccc(-n2cnnc2SCC(=O)NCCc2ccccn2)cc1. The molecule has 0 radical (unpaired) electrons. The van der Waals surface area contributed by atoms with Crippen molar-refractivity contribution in [1.29, 1.82) is 0 Å². The Labute approximate surface area is 150 Å². The minimum Gasteiger partial charge on any atom is -0.355 e. The van der Waals surface area contributed by atoms with Gasteiger partial charge in [-0.25, -0.2) is 0 Å². The highest BCUT2D eigenvalue weighted by Gasteiger charge is 2.10. The molecule has 0 atom stereocenters. The zero-order valence-electron chi connectivity index (χ0n) is 13.9. The molecule has 0 saturated heterocycles. The number of hydrogen-bond donors (Lipinski definition) is 1. The van der Waals surface area contributed by atoms with E-state index < -0.39 is 0 Å². The molecule has 25 heavy (non-hydrogen) atoms. The molecule has 3 aromatic rings. The second kappa shape index (κ2) is 8.43. The summed E-state index contributed by atoms with van der Waals surface area (Å²) in [5.74, 6) is 0.270. The molecule has 0 aliphatic carbocycles. The molecule has 1 N–H and O–H groups in total. The number of amides is 1. The van der Waals surface area contributed by atoms with Gasteiger partial charge in [0.05, 0.1) is 5.75 Å². The summed E-state index contributed by atoms with van der Waals surface area (Å²) in [4.78, 5) is 16.2. The highest BCUT2D eigenvalue weighted by molar-refractivity contribution is 7.99. The number of rotatable bonds is 7. The molecule has 0 fully saturated rings. The first-order valence-corrected chi connectivity index (χ1v) is 8.97. The predicted octanol–water partition coefficient (Wildman–Crippen LogP) is 2.42. The maximum atomic E-state index is 12.0. The van der Waals surface area contributed by atoms with E-state index in [1.165, 1.54) is 17.3 Å². The lowest BCUT2D eigenvalue weighted by Crippen LogP contribution is -2.27. The third kappa shape index (κ3) is 4.90. The van der Waals surface area contributed by atoms with E-state index in [-0.39, 0.29) is 5.91 Å². The first-order valence-electron chi connectivity index (χ1n) is 7.99. The van der Waals surface area contributed by atoms with E-state index >= 15 is 0 Å². The number of thioether (sulfide) groups is 1. The van der Waals surface area contributed by atoms with Crippen LogP contribution in [0, 0.1) is 6.92 Å². The maximum absolute atomic E-state index is 12.0. The molecule has 2 heterocycles. The normalized spacial score (nSPS) is 10.6. The number of hydrogen-bond acceptors (Lipinski definition) is 5. The molecule has 1 amide bonds. The fourth-order valence-corrected chi connectivity index (χ4v) is 3.02. The second-order valence-corrected chi connectivity index (χ2v) is 6.47. The van der Waals surface area contributed by atoms with Crippen LogP contribution < -0.4 is 5.32 Å². The van der Waals surface area contributed by atoms with Gasteiger partial charge >= 0.3 is 0 Å². The van der Waals surface area contributed by atoms with E-state index in [1.54, 1.807) is 12.5 Å². The summed E-state index contributed by atoms with van der Waals surface area (Å²) in [6.07, 6.45) is 4.13. The third-order valence-electron chi connectivity index (χ3n) is 3.59. The smallest absolute Gasteiger partial charge is 0.230 e. The summed E-state index contributed by atoms with van der Waals surface area (Å²) in [7, 11) is 0. The molecule has 0 unspecified atom stereocenters. The summed E-state index contributed by atoms with van der Waals surface area (Å²) in [6.45, 7) is 2.61. The molecule has 2 aromatic heterocycles. The molecule has 0 spiro atoms. The van der Waals surface area contributed by atoms with Crippen LogP contribution in [0.5, 0.6) is 0 Å². The van der Waals surface area contributed by atoms with Gasteiger partial charge in [-0.3, -0.25) is 14.3 Å². The molecular formula is C18H19N5OS. The topological polar surface area (TPSA) is 72.7 Å². The maximum Gasteiger partial charge on any atom is 0.230 e. The average molecular weight is 353 g/mol. The summed E-state index contributed by atoms with van der Waals surface area (Å²) >= 11 is 1.37. The number of carbonyl (C=O) groups excluding carboxylic acids is 1. The molecule has 0 aliphatic rings. The van der Waals surface area contributed by atoms with Crippen LogP contribution in [0.2, 0.25) is 0 Å². The van der Waals surface area contributed by atoms with Gasteiger partial charge in [-0.2, -0.15) is 0 Å². The van der Waals surface area contributed by atoms with Crippen LogP contribution in [0.15, 0.2) is 60.1 Å². The van der Waals surface area contributed by atoms with Crippen LogP contribution in [0.1, 0.15) is 11.3 Å². The quantitative estimate of drug-likeness (QED) is 0.661. The van der Waals surface area contributed by atoms with Crippen molar-refractivity contribution in [2.75, 3.05) is 12.3 Å². The van der Waals surface area contributed by atoms with Crippen molar-refractivity contribution in [2.45, 2.75) is 18.5 Å². The number of benzene rings is 1. The Bertz CT molecular complexity index is 817. The van der Waals surface area contributed by atoms with Gasteiger partial charge in [0, 0.05) is 30.5 Å². The highest BCUT2D eigenvalue weighted by atomic mass is 32.2. The number of pyridine rings is 1. The van der Waals surface area contributed by atoms with Gasteiger partial charge in [0.15, 0.2) is 5.16 Å². The van der Waals surface area contributed by atoms with Gasteiger partial charge in [-0.05, 0) is 31.2 Å². The van der Waals surface area contributed by atoms with Gasteiger partial charge in [0.1, 0.15) is 6.33 Å². The molecule has 6 nitrogen and oxygen atoms in total. The number of aromatic nitrogens is 4. The second-order valence-electron chi connectivity index (χ2n) is 5.53. The average Bonchev–Trinajstić information content (AvgIpc) is 3.10. The van der Waals surface area contributed by atoms with Crippen molar-refractivity contribution < 1.29 is 4.79 Å². The largest absolute Gasteiger partial charge is 0.355 e. The summed E-state index contributed by atoms with van der Waals surface area (Å²) in [5.41, 5.74) is 3.14. The molecule has 0 bridgehead atoms. The highest BCUT2D eigenvalue weighted by Crippen LogP contribution is 2.19. The van der Waals surface area contributed by atoms with E-state index in [2.05, 4.69) is 20.5 Å².